The Hall–Kier alpha value is -3.97. The van der Waals surface area contributed by atoms with Crippen LogP contribution in [0.4, 0.5) is 11.4 Å². The second-order valence-electron chi connectivity index (χ2n) is 8.22. The zero-order valence-corrected chi connectivity index (χ0v) is 19.7. The molecular weight excluding hydrogens is 446 g/mol. The molecule has 1 aromatic heterocycles. The molecule has 0 aliphatic carbocycles. The van der Waals surface area contributed by atoms with Crippen molar-refractivity contribution in [3.63, 3.8) is 0 Å². The molecule has 0 unspecified atom stereocenters. The Morgan fingerprint density at radius 2 is 1.88 bits per heavy atom. The fourth-order valence-electron chi connectivity index (χ4n) is 3.86. The molecule has 1 aliphatic rings. The highest BCUT2D eigenvalue weighted by Crippen LogP contribution is 2.37. The fraction of sp³-hybridized carbons (Fsp3) is 0.148. The topological polar surface area (TPSA) is 71.5 Å². The lowest BCUT2D eigenvalue weighted by molar-refractivity contribution is -0.123. The highest BCUT2D eigenvalue weighted by molar-refractivity contribution is 7.13. The molecule has 0 radical (unpaired) electrons. The minimum atomic E-state index is -0.264. The molecule has 0 bridgehead atoms. The number of thiazole rings is 1. The van der Waals surface area contributed by atoms with Gasteiger partial charge in [0.2, 0.25) is 5.91 Å². The van der Waals surface area contributed by atoms with Gasteiger partial charge in [0, 0.05) is 22.2 Å². The maximum Gasteiger partial charge on any atom is 0.265 e. The number of carbonyl (C=O) groups is 2. The largest absolute Gasteiger partial charge is 0.482 e. The van der Waals surface area contributed by atoms with E-state index in [-0.39, 0.29) is 25.0 Å². The van der Waals surface area contributed by atoms with Crippen LogP contribution in [0.1, 0.15) is 11.1 Å². The number of hydrogen-bond acceptors (Lipinski definition) is 5. The van der Waals surface area contributed by atoms with E-state index < -0.39 is 0 Å². The van der Waals surface area contributed by atoms with Gasteiger partial charge in [-0.1, -0.05) is 42.5 Å². The number of carbonyl (C=O) groups excluding carboxylic acids is 2. The molecule has 5 rings (SSSR count). The van der Waals surface area contributed by atoms with Crippen LogP contribution in [-0.2, 0) is 9.59 Å². The number of hydrogen-bond donors (Lipinski definition) is 1. The highest BCUT2D eigenvalue weighted by atomic mass is 32.1. The zero-order valence-electron chi connectivity index (χ0n) is 18.9. The van der Waals surface area contributed by atoms with E-state index in [1.54, 1.807) is 11.3 Å². The van der Waals surface area contributed by atoms with Gasteiger partial charge in [-0.3, -0.25) is 14.5 Å². The zero-order chi connectivity index (χ0) is 23.7. The molecule has 3 aromatic carbocycles. The quantitative estimate of drug-likeness (QED) is 0.421. The van der Waals surface area contributed by atoms with Crippen LogP contribution in [0.25, 0.3) is 21.8 Å². The number of aryl methyl sites for hydroxylation is 2. The first-order chi connectivity index (χ1) is 16.5. The molecule has 34 heavy (non-hydrogen) atoms. The maximum absolute atomic E-state index is 12.9. The summed E-state index contributed by atoms with van der Waals surface area (Å²) in [6, 6.07) is 21.5. The second kappa shape index (κ2) is 9.11. The van der Waals surface area contributed by atoms with Crippen LogP contribution in [0.3, 0.4) is 0 Å². The van der Waals surface area contributed by atoms with Gasteiger partial charge in [0.05, 0.1) is 11.4 Å². The second-order valence-corrected chi connectivity index (χ2v) is 9.08. The number of anilines is 2. The highest BCUT2D eigenvalue weighted by Gasteiger charge is 2.28. The molecule has 1 aliphatic heterocycles. The first-order valence-electron chi connectivity index (χ1n) is 10.9. The summed E-state index contributed by atoms with van der Waals surface area (Å²) in [4.78, 5) is 31.8. The molecule has 6 nitrogen and oxygen atoms in total. The fourth-order valence-corrected chi connectivity index (χ4v) is 4.69. The number of benzene rings is 3. The smallest absolute Gasteiger partial charge is 0.265 e. The third kappa shape index (κ3) is 4.43. The van der Waals surface area contributed by atoms with Crippen molar-refractivity contribution in [1.82, 2.24) is 4.98 Å². The summed E-state index contributed by atoms with van der Waals surface area (Å²) in [7, 11) is 0. The summed E-state index contributed by atoms with van der Waals surface area (Å²) >= 11 is 1.56. The van der Waals surface area contributed by atoms with Crippen molar-refractivity contribution in [2.24, 2.45) is 0 Å². The van der Waals surface area contributed by atoms with Crippen molar-refractivity contribution in [2.45, 2.75) is 13.8 Å². The normalized spacial score (nSPS) is 12.8. The van der Waals surface area contributed by atoms with Gasteiger partial charge in [0.25, 0.3) is 5.91 Å². The minimum absolute atomic E-state index is 0.0988. The molecule has 7 heteroatoms. The predicted molar refractivity (Wildman–Crippen MR) is 135 cm³/mol. The van der Waals surface area contributed by atoms with Crippen LogP contribution in [-0.4, -0.2) is 29.9 Å². The SMILES string of the molecule is Cc1ccc(C)c(NC(=O)CN2C(=O)COc3ccc(-c4csc(-c5ccccc5)n4)cc32)c1. The average molecular weight is 470 g/mol. The van der Waals surface area contributed by atoms with E-state index in [1.165, 1.54) is 4.90 Å². The first kappa shape index (κ1) is 21.9. The average Bonchev–Trinajstić information content (AvgIpc) is 3.34. The van der Waals surface area contributed by atoms with E-state index in [4.69, 9.17) is 9.72 Å². The molecule has 0 fully saturated rings. The number of nitrogens with zero attached hydrogens (tertiary/aromatic N) is 2. The molecule has 2 amide bonds. The van der Waals surface area contributed by atoms with E-state index in [9.17, 15) is 9.59 Å². The van der Waals surface area contributed by atoms with E-state index in [0.717, 1.165) is 38.6 Å². The lowest BCUT2D eigenvalue weighted by Gasteiger charge is -2.29. The van der Waals surface area contributed by atoms with Crippen molar-refractivity contribution in [3.8, 4) is 27.6 Å². The van der Waals surface area contributed by atoms with E-state index in [2.05, 4.69) is 5.32 Å². The van der Waals surface area contributed by atoms with Gasteiger partial charge in [0.1, 0.15) is 17.3 Å². The molecule has 1 N–H and O–H groups in total. The van der Waals surface area contributed by atoms with Gasteiger partial charge < -0.3 is 10.1 Å². The maximum atomic E-state index is 12.9. The summed E-state index contributed by atoms with van der Waals surface area (Å²) in [5, 5.41) is 5.85. The van der Waals surface area contributed by atoms with Crippen molar-refractivity contribution in [1.29, 1.82) is 0 Å². The Labute approximate surface area is 201 Å². The molecule has 0 atom stereocenters. The van der Waals surface area contributed by atoms with E-state index >= 15 is 0 Å². The molecule has 2 heterocycles. The van der Waals surface area contributed by atoms with Gasteiger partial charge in [0.15, 0.2) is 6.61 Å². The first-order valence-corrected chi connectivity index (χ1v) is 11.8. The molecular formula is C27H23N3O3S. The minimum Gasteiger partial charge on any atom is -0.482 e. The van der Waals surface area contributed by atoms with Crippen molar-refractivity contribution < 1.29 is 14.3 Å². The molecule has 4 aromatic rings. The van der Waals surface area contributed by atoms with Gasteiger partial charge in [-0.05, 0) is 49.2 Å². The monoisotopic (exact) mass is 469 g/mol. The summed E-state index contributed by atoms with van der Waals surface area (Å²) in [6.07, 6.45) is 0. The third-order valence-electron chi connectivity index (χ3n) is 5.69. The molecule has 0 spiro atoms. The van der Waals surface area contributed by atoms with Gasteiger partial charge in [-0.15, -0.1) is 11.3 Å². The Morgan fingerprint density at radius 3 is 2.71 bits per heavy atom. The van der Waals surface area contributed by atoms with E-state index in [1.807, 2.05) is 86.0 Å². The van der Waals surface area contributed by atoms with Crippen LogP contribution < -0.4 is 15.0 Å². The number of aromatic nitrogens is 1. The van der Waals surface area contributed by atoms with Crippen molar-refractivity contribution in [2.75, 3.05) is 23.4 Å². The Balaban J connectivity index is 1.41. The van der Waals surface area contributed by atoms with Gasteiger partial charge in [-0.25, -0.2) is 4.98 Å². The Kier molecular flexibility index (Phi) is 5.86. The number of amides is 2. The number of nitrogens with one attached hydrogen (secondary N) is 1. The summed E-state index contributed by atoms with van der Waals surface area (Å²) in [6.45, 7) is 3.71. The number of fused-ring (bicyclic) bond motifs is 1. The molecule has 0 saturated heterocycles. The predicted octanol–water partition coefficient (Wildman–Crippen LogP) is 5.46. The van der Waals surface area contributed by atoms with Crippen molar-refractivity contribution in [3.05, 3.63) is 83.2 Å². The van der Waals surface area contributed by atoms with Gasteiger partial charge >= 0.3 is 0 Å². The van der Waals surface area contributed by atoms with E-state index in [0.29, 0.717) is 11.4 Å². The van der Waals surface area contributed by atoms with Crippen LogP contribution in [0.2, 0.25) is 0 Å². The number of ether oxygens (including phenoxy) is 1. The lowest BCUT2D eigenvalue weighted by atomic mass is 10.1. The van der Waals surface area contributed by atoms with Crippen LogP contribution in [0.5, 0.6) is 5.75 Å². The summed E-state index contributed by atoms with van der Waals surface area (Å²) < 4.78 is 5.63. The molecule has 0 saturated carbocycles. The third-order valence-corrected chi connectivity index (χ3v) is 6.58. The number of rotatable bonds is 5. The van der Waals surface area contributed by atoms with Crippen LogP contribution in [0, 0.1) is 13.8 Å². The lowest BCUT2D eigenvalue weighted by Crippen LogP contribution is -2.43. The Bertz CT molecular complexity index is 1380. The summed E-state index contributed by atoms with van der Waals surface area (Å²) in [5.74, 6) is 0.0470. The molecule has 170 valence electrons. The standard InChI is InChI=1S/C27H23N3O3S/c1-17-8-9-18(2)21(12-17)28-25(31)14-30-23-13-20(10-11-24(23)33-15-26(30)32)22-16-34-27(29-22)19-6-4-3-5-7-19/h3-13,16H,14-15H2,1-2H3,(H,28,31). The van der Waals surface area contributed by atoms with Crippen LogP contribution in [0.15, 0.2) is 72.1 Å². The Morgan fingerprint density at radius 1 is 1.06 bits per heavy atom. The summed E-state index contributed by atoms with van der Waals surface area (Å²) in [5.41, 5.74) is 6.05. The van der Waals surface area contributed by atoms with Crippen molar-refractivity contribution >= 4 is 34.5 Å². The van der Waals surface area contributed by atoms with Gasteiger partial charge in [-0.2, -0.15) is 0 Å². The van der Waals surface area contributed by atoms with Crippen LogP contribution >= 0.6 is 11.3 Å².